The van der Waals surface area contributed by atoms with Gasteiger partial charge in [0.1, 0.15) is 22.6 Å². The zero-order valence-electron chi connectivity index (χ0n) is 18.8. The van der Waals surface area contributed by atoms with Gasteiger partial charge in [-0.15, -0.1) is 0 Å². The molecule has 1 atom stereocenters. The summed E-state index contributed by atoms with van der Waals surface area (Å²) in [5.74, 6) is -0.0307. The van der Waals surface area contributed by atoms with Crippen LogP contribution in [0.3, 0.4) is 0 Å². The van der Waals surface area contributed by atoms with E-state index in [4.69, 9.17) is 0 Å². The third kappa shape index (κ3) is 4.29. The van der Waals surface area contributed by atoms with Gasteiger partial charge in [0, 0.05) is 49.0 Å². The first-order valence-corrected chi connectivity index (χ1v) is 12.4. The van der Waals surface area contributed by atoms with E-state index in [9.17, 15) is 18.1 Å². The van der Waals surface area contributed by atoms with Gasteiger partial charge in [-0.05, 0) is 37.3 Å². The molecule has 0 saturated carbocycles. The highest BCUT2D eigenvalue weighted by atomic mass is 32.2. The number of nitriles is 1. The summed E-state index contributed by atoms with van der Waals surface area (Å²) in [6.07, 6.45) is 2.88. The predicted molar refractivity (Wildman–Crippen MR) is 131 cm³/mol. The molecule has 178 valence electrons. The van der Waals surface area contributed by atoms with E-state index < -0.39 is 10.0 Å². The zero-order chi connectivity index (χ0) is 24.6. The number of halogens is 1. The molecule has 0 aliphatic carbocycles. The summed E-state index contributed by atoms with van der Waals surface area (Å²) >= 11 is 0. The molecule has 1 fully saturated rings. The Bertz CT molecular complexity index is 1560. The minimum absolute atomic E-state index is 0.0259. The number of hydrogen-bond acceptors (Lipinski definition) is 8. The summed E-state index contributed by atoms with van der Waals surface area (Å²) in [6.45, 7) is 4.29. The molecular formula is C24H22FN7O2S. The first-order chi connectivity index (χ1) is 16.9. The van der Waals surface area contributed by atoms with Gasteiger partial charge in [0.15, 0.2) is 0 Å². The number of nitrogens with one attached hydrogen (secondary N) is 2. The highest BCUT2D eigenvalue weighted by Gasteiger charge is 2.24. The van der Waals surface area contributed by atoms with Crippen LogP contribution in [0, 0.1) is 17.1 Å². The smallest absolute Gasteiger partial charge is 0.284 e. The molecule has 2 aromatic carbocycles. The van der Waals surface area contributed by atoms with Gasteiger partial charge in [0.25, 0.3) is 10.0 Å². The van der Waals surface area contributed by atoms with Gasteiger partial charge in [-0.3, -0.25) is 0 Å². The largest absolute Gasteiger partial charge is 0.366 e. The maximum absolute atomic E-state index is 14.9. The standard InChI is InChI=1S/C24H22FN7O2S/c1-16-15-31(9-8-27-16)21-7-6-19(10-20(21)25)30-24-11-22-18(13-28-24)14-29-32(22)35(33,34)23-5-3-2-4-17(23)12-26/h2-7,10-11,13-14,16,27H,8-9,15H2,1H3,(H,28,30). The molecule has 0 bridgehead atoms. The third-order valence-corrected chi connectivity index (χ3v) is 7.52. The monoisotopic (exact) mass is 491 g/mol. The maximum atomic E-state index is 14.9. The molecule has 2 aromatic heterocycles. The third-order valence-electron chi connectivity index (χ3n) is 5.86. The lowest BCUT2D eigenvalue weighted by Crippen LogP contribution is -2.49. The van der Waals surface area contributed by atoms with Crippen molar-refractivity contribution in [1.82, 2.24) is 19.5 Å². The van der Waals surface area contributed by atoms with E-state index in [-0.39, 0.29) is 27.8 Å². The topological polar surface area (TPSA) is 116 Å². The Labute approximate surface area is 201 Å². The van der Waals surface area contributed by atoms with Gasteiger partial charge in [0.2, 0.25) is 0 Å². The first kappa shape index (κ1) is 22.8. The number of anilines is 3. The van der Waals surface area contributed by atoms with Crippen molar-refractivity contribution in [2.45, 2.75) is 17.9 Å². The van der Waals surface area contributed by atoms with Crippen LogP contribution in [0.2, 0.25) is 0 Å². The van der Waals surface area contributed by atoms with Crippen molar-refractivity contribution in [1.29, 1.82) is 5.26 Å². The molecular weight excluding hydrogens is 469 g/mol. The minimum atomic E-state index is -4.13. The molecule has 9 nitrogen and oxygen atoms in total. The van der Waals surface area contributed by atoms with E-state index in [0.29, 0.717) is 22.6 Å². The molecule has 0 amide bonds. The maximum Gasteiger partial charge on any atom is 0.284 e. The quantitative estimate of drug-likeness (QED) is 0.437. The van der Waals surface area contributed by atoms with E-state index >= 15 is 0 Å². The van der Waals surface area contributed by atoms with Crippen molar-refractivity contribution in [2.24, 2.45) is 0 Å². The Morgan fingerprint density at radius 1 is 1.20 bits per heavy atom. The number of benzene rings is 2. The number of aromatic nitrogens is 3. The van der Waals surface area contributed by atoms with Gasteiger partial charge < -0.3 is 15.5 Å². The van der Waals surface area contributed by atoms with E-state index in [2.05, 4.69) is 27.6 Å². The van der Waals surface area contributed by atoms with Crippen LogP contribution in [-0.2, 0) is 10.0 Å². The second-order valence-electron chi connectivity index (χ2n) is 8.32. The van der Waals surface area contributed by atoms with Gasteiger partial charge in [-0.2, -0.15) is 22.9 Å². The summed E-state index contributed by atoms with van der Waals surface area (Å²) in [4.78, 5) is 6.17. The molecule has 2 N–H and O–H groups in total. The number of pyridine rings is 1. The fraction of sp³-hybridized carbons (Fsp3) is 0.208. The fourth-order valence-electron chi connectivity index (χ4n) is 4.17. The molecule has 5 rings (SSSR count). The Balaban J connectivity index is 1.46. The van der Waals surface area contributed by atoms with Crippen LogP contribution in [0.25, 0.3) is 10.9 Å². The van der Waals surface area contributed by atoms with E-state index in [1.165, 1.54) is 36.7 Å². The first-order valence-electron chi connectivity index (χ1n) is 11.0. The predicted octanol–water partition coefficient (Wildman–Crippen LogP) is 3.22. The van der Waals surface area contributed by atoms with Crippen LogP contribution >= 0.6 is 0 Å². The van der Waals surface area contributed by atoms with Gasteiger partial charge in [0.05, 0.1) is 23.0 Å². The normalized spacial score (nSPS) is 16.3. The minimum Gasteiger partial charge on any atom is -0.366 e. The molecule has 1 unspecified atom stereocenters. The summed E-state index contributed by atoms with van der Waals surface area (Å²) in [5, 5.41) is 20.2. The van der Waals surface area contributed by atoms with Crippen LogP contribution in [0.1, 0.15) is 12.5 Å². The van der Waals surface area contributed by atoms with E-state index in [1.807, 2.05) is 11.0 Å². The number of piperazine rings is 1. The highest BCUT2D eigenvalue weighted by Crippen LogP contribution is 2.28. The molecule has 1 aliphatic rings. The van der Waals surface area contributed by atoms with E-state index in [0.717, 1.165) is 23.7 Å². The lowest BCUT2D eigenvalue weighted by atomic mass is 10.2. The van der Waals surface area contributed by atoms with Crippen molar-refractivity contribution in [3.05, 3.63) is 72.3 Å². The van der Waals surface area contributed by atoms with Crippen molar-refractivity contribution >= 4 is 38.1 Å². The summed E-state index contributed by atoms with van der Waals surface area (Å²) < 4.78 is 42.3. The molecule has 4 aromatic rings. The molecule has 0 radical (unpaired) electrons. The number of nitrogens with zero attached hydrogens (tertiary/aromatic N) is 5. The van der Waals surface area contributed by atoms with Gasteiger partial charge >= 0.3 is 0 Å². The van der Waals surface area contributed by atoms with Crippen molar-refractivity contribution in [3.8, 4) is 6.07 Å². The van der Waals surface area contributed by atoms with Crippen LogP contribution in [0.4, 0.5) is 21.6 Å². The van der Waals surface area contributed by atoms with E-state index in [1.54, 1.807) is 24.3 Å². The summed E-state index contributed by atoms with van der Waals surface area (Å²) in [6, 6.07) is 14.5. The second kappa shape index (κ2) is 8.98. The SMILES string of the molecule is CC1CN(c2ccc(Nc3cc4c(cn3)cnn4S(=O)(=O)c3ccccc3C#N)cc2F)CCN1. The van der Waals surface area contributed by atoms with Crippen LogP contribution in [0.5, 0.6) is 0 Å². The van der Waals surface area contributed by atoms with Gasteiger partial charge in [-0.1, -0.05) is 12.1 Å². The summed E-state index contributed by atoms with van der Waals surface area (Å²) in [7, 11) is -4.13. The Morgan fingerprint density at radius 2 is 2.03 bits per heavy atom. The van der Waals surface area contributed by atoms with Crippen molar-refractivity contribution in [3.63, 3.8) is 0 Å². The number of rotatable bonds is 5. The second-order valence-corrected chi connectivity index (χ2v) is 10.1. The Hall–Kier alpha value is -4.01. The van der Waals surface area contributed by atoms with Crippen LogP contribution in [0.15, 0.2) is 65.8 Å². The van der Waals surface area contributed by atoms with Crippen molar-refractivity contribution in [2.75, 3.05) is 29.9 Å². The lowest BCUT2D eigenvalue weighted by molar-refractivity contribution is 0.478. The lowest BCUT2D eigenvalue weighted by Gasteiger charge is -2.33. The molecule has 1 saturated heterocycles. The number of fused-ring (bicyclic) bond motifs is 1. The van der Waals surface area contributed by atoms with Gasteiger partial charge in [-0.25, -0.2) is 9.37 Å². The Morgan fingerprint density at radius 3 is 2.80 bits per heavy atom. The molecule has 11 heteroatoms. The fourth-order valence-corrected chi connectivity index (χ4v) is 5.59. The molecule has 3 heterocycles. The highest BCUT2D eigenvalue weighted by molar-refractivity contribution is 7.90. The molecule has 1 aliphatic heterocycles. The van der Waals surface area contributed by atoms with Crippen LogP contribution in [-0.4, -0.2) is 48.3 Å². The Kier molecular flexibility index (Phi) is 5.84. The average molecular weight is 492 g/mol. The average Bonchev–Trinajstić information content (AvgIpc) is 3.28. The van der Waals surface area contributed by atoms with Crippen LogP contribution < -0.4 is 15.5 Å². The number of hydrogen-bond donors (Lipinski definition) is 2. The molecule has 0 spiro atoms. The summed E-state index contributed by atoms with van der Waals surface area (Å²) in [5.41, 5.74) is 1.32. The van der Waals surface area contributed by atoms with Crippen molar-refractivity contribution < 1.29 is 12.8 Å². The zero-order valence-corrected chi connectivity index (χ0v) is 19.6. The molecule has 35 heavy (non-hydrogen) atoms.